The van der Waals surface area contributed by atoms with Crippen molar-refractivity contribution in [3.63, 3.8) is 0 Å². The van der Waals surface area contributed by atoms with Crippen molar-refractivity contribution in [3.8, 4) is 11.5 Å². The average Bonchev–Trinajstić information content (AvgIpc) is 2.28. The molecule has 1 aliphatic carbocycles. The highest BCUT2D eigenvalue weighted by atomic mass is 16.3. The molecule has 0 radical (unpaired) electrons. The van der Waals surface area contributed by atoms with Crippen molar-refractivity contribution in [2.45, 2.75) is 53.0 Å². The number of rotatable bonds is 2. The molecule has 1 aliphatic rings. The monoisotopic (exact) mass is 291 g/mol. The first kappa shape index (κ1) is 15.7. The molecule has 1 saturated carbocycles. The molecule has 0 spiro atoms. The first-order valence-corrected chi connectivity index (χ1v) is 7.41. The van der Waals surface area contributed by atoms with Gasteiger partial charge in [0, 0.05) is 6.04 Å². The van der Waals surface area contributed by atoms with E-state index in [9.17, 15) is 15.0 Å². The summed E-state index contributed by atoms with van der Waals surface area (Å²) in [5, 5.41) is 22.3. The second kappa shape index (κ2) is 5.24. The van der Waals surface area contributed by atoms with E-state index in [0.717, 1.165) is 19.3 Å². The van der Waals surface area contributed by atoms with E-state index in [1.54, 1.807) is 6.07 Å². The topological polar surface area (TPSA) is 69.6 Å². The lowest BCUT2D eigenvalue weighted by atomic mass is 9.63. The number of phenolic OH excluding ortho intramolecular Hbond substituents is 2. The minimum Gasteiger partial charge on any atom is -0.504 e. The van der Waals surface area contributed by atoms with Crippen LogP contribution >= 0.6 is 0 Å². The van der Waals surface area contributed by atoms with Crippen LogP contribution in [0.2, 0.25) is 0 Å². The summed E-state index contributed by atoms with van der Waals surface area (Å²) in [5.41, 5.74) is 0.484. The highest BCUT2D eigenvalue weighted by Crippen LogP contribution is 2.45. The number of benzene rings is 1. The van der Waals surface area contributed by atoms with E-state index in [-0.39, 0.29) is 39.8 Å². The predicted molar refractivity (Wildman–Crippen MR) is 82.4 cm³/mol. The fourth-order valence-electron chi connectivity index (χ4n) is 3.93. The summed E-state index contributed by atoms with van der Waals surface area (Å²) in [4.78, 5) is 12.3. The Morgan fingerprint density at radius 3 is 2.29 bits per heavy atom. The van der Waals surface area contributed by atoms with Gasteiger partial charge in [0.2, 0.25) is 0 Å². The third kappa shape index (κ3) is 3.69. The predicted octanol–water partition coefficient (Wildman–Crippen LogP) is 3.43. The number of carbonyl (C=O) groups is 1. The van der Waals surface area contributed by atoms with E-state index < -0.39 is 0 Å². The van der Waals surface area contributed by atoms with Crippen molar-refractivity contribution in [1.29, 1.82) is 0 Å². The van der Waals surface area contributed by atoms with Crippen LogP contribution < -0.4 is 5.32 Å². The Kier molecular flexibility index (Phi) is 3.91. The Bertz CT molecular complexity index is 533. The van der Waals surface area contributed by atoms with Crippen LogP contribution in [0.15, 0.2) is 18.2 Å². The molecule has 3 N–H and O–H groups in total. The van der Waals surface area contributed by atoms with Crippen molar-refractivity contribution in [2.24, 2.45) is 10.8 Å². The van der Waals surface area contributed by atoms with E-state index in [1.165, 1.54) is 12.1 Å². The second-order valence-corrected chi connectivity index (χ2v) is 7.76. The van der Waals surface area contributed by atoms with Gasteiger partial charge in [-0.25, -0.2) is 0 Å². The zero-order valence-corrected chi connectivity index (χ0v) is 13.2. The molecular weight excluding hydrogens is 266 g/mol. The smallest absolute Gasteiger partial charge is 0.255 e. The molecule has 4 heteroatoms. The number of nitrogens with one attached hydrogen (secondary N) is 1. The van der Waals surface area contributed by atoms with Crippen LogP contribution in [0.5, 0.6) is 11.5 Å². The van der Waals surface area contributed by atoms with Crippen LogP contribution in [0, 0.1) is 10.8 Å². The Morgan fingerprint density at radius 2 is 1.71 bits per heavy atom. The Labute approximate surface area is 126 Å². The van der Waals surface area contributed by atoms with Crippen molar-refractivity contribution >= 4 is 5.91 Å². The SMILES string of the molecule is CC1(C)CC(NC(=O)c2cccc(O)c2O)CC(C)(C)C1. The number of hydrogen-bond donors (Lipinski definition) is 3. The largest absolute Gasteiger partial charge is 0.504 e. The maximum atomic E-state index is 12.3. The minimum absolute atomic E-state index is 0.0815. The summed E-state index contributed by atoms with van der Waals surface area (Å²) in [5.74, 6) is -0.960. The summed E-state index contributed by atoms with van der Waals surface area (Å²) in [6.45, 7) is 8.88. The van der Waals surface area contributed by atoms with Gasteiger partial charge in [0.15, 0.2) is 11.5 Å². The third-order valence-corrected chi connectivity index (χ3v) is 4.15. The summed E-state index contributed by atoms with van der Waals surface area (Å²) in [6.07, 6.45) is 2.97. The molecular formula is C17H25NO3. The Balaban J connectivity index is 2.14. The van der Waals surface area contributed by atoms with Crippen LogP contribution in [0.4, 0.5) is 0 Å². The lowest BCUT2D eigenvalue weighted by molar-refractivity contribution is 0.0712. The number of carbonyl (C=O) groups excluding carboxylic acids is 1. The first-order chi connectivity index (χ1) is 9.60. The van der Waals surface area contributed by atoms with E-state index >= 15 is 0 Å². The summed E-state index contributed by atoms with van der Waals surface area (Å²) in [7, 11) is 0. The molecule has 0 bridgehead atoms. The standard InChI is InChI=1S/C17H25NO3/c1-16(2)8-11(9-17(3,4)10-16)18-15(21)12-6-5-7-13(19)14(12)20/h5-7,11,19-20H,8-10H2,1-4H3,(H,18,21). The molecule has 1 amide bonds. The second-order valence-electron chi connectivity index (χ2n) is 7.76. The molecule has 1 aromatic rings. The highest BCUT2D eigenvalue weighted by molar-refractivity contribution is 5.97. The van der Waals surface area contributed by atoms with Crippen molar-refractivity contribution in [1.82, 2.24) is 5.32 Å². The van der Waals surface area contributed by atoms with Crippen LogP contribution in [0.1, 0.15) is 57.3 Å². The van der Waals surface area contributed by atoms with Crippen LogP contribution in [0.25, 0.3) is 0 Å². The molecule has 1 aromatic carbocycles. The maximum Gasteiger partial charge on any atom is 0.255 e. The van der Waals surface area contributed by atoms with Crippen molar-refractivity contribution in [2.75, 3.05) is 0 Å². The molecule has 0 unspecified atom stereocenters. The van der Waals surface area contributed by atoms with Gasteiger partial charge in [0.05, 0.1) is 5.56 Å². The van der Waals surface area contributed by atoms with Gasteiger partial charge < -0.3 is 15.5 Å². The maximum absolute atomic E-state index is 12.3. The summed E-state index contributed by atoms with van der Waals surface area (Å²) in [6, 6.07) is 4.51. The molecule has 0 atom stereocenters. The Morgan fingerprint density at radius 1 is 1.14 bits per heavy atom. The number of hydrogen-bond acceptors (Lipinski definition) is 3. The zero-order valence-electron chi connectivity index (χ0n) is 13.2. The third-order valence-electron chi connectivity index (χ3n) is 4.15. The molecule has 0 aliphatic heterocycles. The number of aromatic hydroxyl groups is 2. The van der Waals surface area contributed by atoms with Gasteiger partial charge in [-0.1, -0.05) is 33.8 Å². The summed E-state index contributed by atoms with van der Waals surface area (Å²) < 4.78 is 0. The number of phenols is 2. The molecule has 0 heterocycles. The van der Waals surface area contributed by atoms with Gasteiger partial charge in [-0.15, -0.1) is 0 Å². The van der Waals surface area contributed by atoms with Gasteiger partial charge in [-0.2, -0.15) is 0 Å². The molecule has 0 saturated heterocycles. The van der Waals surface area contributed by atoms with Crippen molar-refractivity contribution < 1.29 is 15.0 Å². The van der Waals surface area contributed by atoms with E-state index in [4.69, 9.17) is 0 Å². The normalized spacial score (nSPS) is 21.0. The number of amides is 1. The molecule has 116 valence electrons. The van der Waals surface area contributed by atoms with E-state index in [1.807, 2.05) is 0 Å². The van der Waals surface area contributed by atoms with Gasteiger partial charge in [-0.3, -0.25) is 4.79 Å². The van der Waals surface area contributed by atoms with Crippen molar-refractivity contribution in [3.05, 3.63) is 23.8 Å². The highest BCUT2D eigenvalue weighted by Gasteiger charge is 2.39. The van der Waals surface area contributed by atoms with Gasteiger partial charge in [-0.05, 0) is 42.2 Å². The average molecular weight is 291 g/mol. The molecule has 1 fully saturated rings. The van der Waals surface area contributed by atoms with Crippen LogP contribution in [-0.2, 0) is 0 Å². The summed E-state index contributed by atoms with van der Waals surface area (Å²) >= 11 is 0. The molecule has 4 nitrogen and oxygen atoms in total. The van der Waals surface area contributed by atoms with Crippen LogP contribution in [-0.4, -0.2) is 22.2 Å². The minimum atomic E-state index is -0.357. The fourth-order valence-corrected chi connectivity index (χ4v) is 3.93. The van der Waals surface area contributed by atoms with Crippen LogP contribution in [0.3, 0.4) is 0 Å². The number of para-hydroxylation sites is 1. The molecule has 21 heavy (non-hydrogen) atoms. The van der Waals surface area contributed by atoms with E-state index in [2.05, 4.69) is 33.0 Å². The lowest BCUT2D eigenvalue weighted by Crippen LogP contribution is -2.46. The van der Waals surface area contributed by atoms with Gasteiger partial charge in [0.25, 0.3) is 5.91 Å². The Hall–Kier alpha value is -1.71. The zero-order chi connectivity index (χ0) is 15.8. The fraction of sp³-hybridized carbons (Fsp3) is 0.588. The molecule has 0 aromatic heterocycles. The van der Waals surface area contributed by atoms with Gasteiger partial charge >= 0.3 is 0 Å². The van der Waals surface area contributed by atoms with Gasteiger partial charge in [0.1, 0.15) is 0 Å². The van der Waals surface area contributed by atoms with E-state index in [0.29, 0.717) is 0 Å². The first-order valence-electron chi connectivity index (χ1n) is 7.41. The molecule has 2 rings (SSSR count). The lowest BCUT2D eigenvalue weighted by Gasteiger charge is -2.45. The quantitative estimate of drug-likeness (QED) is 0.731.